The molecule has 4 N–H and O–H groups in total. The number of rotatable bonds is 0. The summed E-state index contributed by atoms with van der Waals surface area (Å²) in [4.78, 5) is 51.7. The maximum absolute atomic E-state index is 11.1. The Morgan fingerprint density at radius 3 is 1.19 bits per heavy atom. The standard InChI is InChI=1S/C6H4N4O4.2Na/c11-3-1-2(8-6(14)9-3)4(12)10-5(13)7-1;;/h(H2,7,10,12,13)(H2,8,9,11,14);;/q;2*+1. The third kappa shape index (κ3) is 2.84. The zero-order valence-corrected chi connectivity index (χ0v) is 12.6. The molecule has 0 aliphatic rings. The molecule has 0 unspecified atom stereocenters. The Kier molecular flexibility index (Phi) is 5.66. The molecule has 2 rings (SSSR count). The zero-order valence-electron chi connectivity index (χ0n) is 8.63. The molecule has 16 heavy (non-hydrogen) atoms. The average Bonchev–Trinajstić information content (AvgIpc) is 2.07. The minimum atomic E-state index is -0.813. The van der Waals surface area contributed by atoms with Gasteiger partial charge in [-0.05, 0) is 0 Å². The third-order valence-electron chi connectivity index (χ3n) is 1.64. The summed E-state index contributed by atoms with van der Waals surface area (Å²) in [6, 6.07) is 0. The fraction of sp³-hybridized carbons (Fsp3) is 0. The van der Waals surface area contributed by atoms with E-state index in [0.717, 1.165) is 0 Å². The second-order valence-electron chi connectivity index (χ2n) is 2.57. The van der Waals surface area contributed by atoms with Crippen molar-refractivity contribution < 1.29 is 59.1 Å². The van der Waals surface area contributed by atoms with Crippen LogP contribution >= 0.6 is 0 Å². The predicted octanol–water partition coefficient (Wildman–Crippen LogP) is -8.40. The Hall–Kier alpha value is -0.380. The van der Waals surface area contributed by atoms with E-state index in [1.807, 2.05) is 9.97 Å². The third-order valence-corrected chi connectivity index (χ3v) is 1.64. The molecule has 0 radical (unpaired) electrons. The summed E-state index contributed by atoms with van der Waals surface area (Å²) in [5.74, 6) is 0. The first-order chi connectivity index (χ1) is 6.58. The first-order valence-electron chi connectivity index (χ1n) is 3.57. The van der Waals surface area contributed by atoms with Crippen molar-refractivity contribution in [2.24, 2.45) is 0 Å². The number of aromatic nitrogens is 4. The Labute approximate surface area is 130 Å². The summed E-state index contributed by atoms with van der Waals surface area (Å²) in [6.07, 6.45) is 0. The summed E-state index contributed by atoms with van der Waals surface area (Å²) in [5, 5.41) is 0. The van der Waals surface area contributed by atoms with Crippen LogP contribution in [0.1, 0.15) is 0 Å². The van der Waals surface area contributed by atoms with Crippen LogP contribution in [0.5, 0.6) is 0 Å². The van der Waals surface area contributed by atoms with Crippen molar-refractivity contribution in [3.05, 3.63) is 41.7 Å². The fourth-order valence-electron chi connectivity index (χ4n) is 1.09. The predicted molar refractivity (Wildman–Crippen MR) is 46.4 cm³/mol. The first kappa shape index (κ1) is 15.6. The van der Waals surface area contributed by atoms with Gasteiger partial charge in [0.05, 0.1) is 0 Å². The summed E-state index contributed by atoms with van der Waals surface area (Å²) in [6.45, 7) is 0. The molecule has 2 aromatic heterocycles. The average molecular weight is 242 g/mol. The minimum Gasteiger partial charge on any atom is -0.301 e. The Morgan fingerprint density at radius 2 is 0.875 bits per heavy atom. The molecule has 10 heteroatoms. The smallest absolute Gasteiger partial charge is 0.301 e. The molecule has 0 saturated carbocycles. The molecular formula is C6H4N4Na2O4+2. The monoisotopic (exact) mass is 242 g/mol. The van der Waals surface area contributed by atoms with Gasteiger partial charge in [-0.1, -0.05) is 0 Å². The second kappa shape index (κ2) is 5.80. The van der Waals surface area contributed by atoms with Gasteiger partial charge in [0.1, 0.15) is 11.0 Å². The molecule has 2 aromatic rings. The zero-order chi connectivity index (χ0) is 10.3. The van der Waals surface area contributed by atoms with E-state index in [1.165, 1.54) is 0 Å². The maximum atomic E-state index is 11.1. The Balaban J connectivity index is 0.00000112. The number of fused-ring (bicyclic) bond motifs is 1. The van der Waals surface area contributed by atoms with Crippen molar-refractivity contribution in [3.63, 3.8) is 0 Å². The molecule has 2 heterocycles. The van der Waals surface area contributed by atoms with E-state index in [1.54, 1.807) is 0 Å². The van der Waals surface area contributed by atoms with Crippen LogP contribution in [0, 0.1) is 0 Å². The van der Waals surface area contributed by atoms with Gasteiger partial charge in [0.15, 0.2) is 0 Å². The van der Waals surface area contributed by atoms with Crippen molar-refractivity contribution in [1.82, 2.24) is 19.9 Å². The molecule has 72 valence electrons. The van der Waals surface area contributed by atoms with E-state index < -0.39 is 22.5 Å². The molecule has 0 aromatic carbocycles. The largest absolute Gasteiger partial charge is 1.00 e. The molecule has 0 atom stereocenters. The van der Waals surface area contributed by atoms with Crippen LogP contribution in [0.4, 0.5) is 0 Å². The SMILES string of the molecule is O=c1[nH]c(=O)c2[nH]c(=O)[nH]c(=O)c2[nH]1.[Na+].[Na+]. The molecule has 8 nitrogen and oxygen atoms in total. The van der Waals surface area contributed by atoms with Crippen LogP contribution in [0.15, 0.2) is 19.2 Å². The van der Waals surface area contributed by atoms with E-state index in [4.69, 9.17) is 0 Å². The summed E-state index contributed by atoms with van der Waals surface area (Å²) < 4.78 is 0. The van der Waals surface area contributed by atoms with E-state index in [0.29, 0.717) is 0 Å². The molecular weight excluding hydrogens is 238 g/mol. The number of hydrogen-bond acceptors (Lipinski definition) is 4. The van der Waals surface area contributed by atoms with Gasteiger partial charge in [-0.3, -0.25) is 19.6 Å². The molecule has 0 amide bonds. The van der Waals surface area contributed by atoms with Crippen LogP contribution in [-0.4, -0.2) is 19.9 Å². The van der Waals surface area contributed by atoms with E-state index >= 15 is 0 Å². The van der Waals surface area contributed by atoms with Crippen LogP contribution in [-0.2, 0) is 0 Å². The number of H-pyrrole nitrogens is 4. The maximum Gasteiger partial charge on any atom is 1.00 e. The van der Waals surface area contributed by atoms with E-state index in [2.05, 4.69) is 9.97 Å². The van der Waals surface area contributed by atoms with Gasteiger partial charge in [-0.25, -0.2) is 9.59 Å². The van der Waals surface area contributed by atoms with Crippen molar-refractivity contribution in [2.75, 3.05) is 0 Å². The van der Waals surface area contributed by atoms with Crippen LogP contribution in [0.25, 0.3) is 11.0 Å². The minimum absolute atomic E-state index is 0. The fourth-order valence-corrected chi connectivity index (χ4v) is 1.09. The van der Waals surface area contributed by atoms with Gasteiger partial charge in [0.2, 0.25) is 0 Å². The van der Waals surface area contributed by atoms with Gasteiger partial charge in [-0.15, -0.1) is 0 Å². The van der Waals surface area contributed by atoms with Crippen molar-refractivity contribution in [1.29, 1.82) is 0 Å². The molecule has 0 aliphatic heterocycles. The summed E-state index contributed by atoms with van der Waals surface area (Å²) in [5.41, 5.74) is -3.74. The van der Waals surface area contributed by atoms with Gasteiger partial charge < -0.3 is 9.97 Å². The van der Waals surface area contributed by atoms with Crippen LogP contribution in [0.2, 0.25) is 0 Å². The number of nitrogens with one attached hydrogen (secondary N) is 4. The van der Waals surface area contributed by atoms with Gasteiger partial charge in [0, 0.05) is 0 Å². The normalized spacial score (nSPS) is 9.25. The van der Waals surface area contributed by atoms with Crippen molar-refractivity contribution in [2.45, 2.75) is 0 Å². The first-order valence-corrected chi connectivity index (χ1v) is 3.57. The summed E-state index contributed by atoms with van der Waals surface area (Å²) >= 11 is 0. The van der Waals surface area contributed by atoms with E-state index in [9.17, 15) is 19.2 Å². The van der Waals surface area contributed by atoms with Gasteiger partial charge in [0.25, 0.3) is 11.1 Å². The van der Waals surface area contributed by atoms with E-state index in [-0.39, 0.29) is 70.1 Å². The van der Waals surface area contributed by atoms with Crippen LogP contribution in [0.3, 0.4) is 0 Å². The molecule has 0 spiro atoms. The number of hydrogen-bond donors (Lipinski definition) is 4. The second-order valence-corrected chi connectivity index (χ2v) is 2.57. The Bertz CT molecular complexity index is 661. The molecule has 0 aliphatic carbocycles. The quantitative estimate of drug-likeness (QED) is 0.341. The molecule has 0 saturated heterocycles. The topological polar surface area (TPSA) is 131 Å². The Morgan fingerprint density at radius 1 is 0.562 bits per heavy atom. The van der Waals surface area contributed by atoms with Crippen LogP contribution < -0.4 is 81.6 Å². The van der Waals surface area contributed by atoms with Crippen molar-refractivity contribution >= 4 is 11.0 Å². The number of aromatic amines is 4. The molecule has 0 fully saturated rings. The van der Waals surface area contributed by atoms with Crippen molar-refractivity contribution in [3.8, 4) is 0 Å². The van der Waals surface area contributed by atoms with Gasteiger partial charge >= 0.3 is 70.5 Å². The van der Waals surface area contributed by atoms with Gasteiger partial charge in [-0.2, -0.15) is 0 Å². The summed E-state index contributed by atoms with van der Waals surface area (Å²) in [7, 11) is 0. The molecule has 0 bridgehead atoms.